The van der Waals surface area contributed by atoms with Gasteiger partial charge in [0, 0.05) is 26.2 Å². The van der Waals surface area contributed by atoms with E-state index in [9.17, 15) is 18.0 Å². The molecule has 3 rings (SSSR count). The van der Waals surface area contributed by atoms with E-state index in [1.807, 2.05) is 0 Å². The maximum atomic E-state index is 12.9. The Labute approximate surface area is 146 Å². The SMILES string of the molecule is CN(C)C(=O)c1ccc(CNc2ccc3nnc(C(F)(F)F)n3n2)cc1. The maximum absolute atomic E-state index is 12.9. The van der Waals surface area contributed by atoms with Gasteiger partial charge in [0.25, 0.3) is 11.7 Å². The Morgan fingerprint density at radius 1 is 1.12 bits per heavy atom. The molecule has 0 aliphatic carbocycles. The lowest BCUT2D eigenvalue weighted by atomic mass is 10.1. The molecule has 7 nitrogen and oxygen atoms in total. The number of benzene rings is 1. The largest absolute Gasteiger partial charge is 0.453 e. The standard InChI is InChI=1S/C16H15F3N6O/c1-24(2)14(26)11-5-3-10(4-6-11)9-20-12-7-8-13-21-22-15(16(17,18)19)25(13)23-12/h3-8H,9H2,1-2H3,(H,20,23). The highest BCUT2D eigenvalue weighted by Crippen LogP contribution is 2.27. The van der Waals surface area contributed by atoms with E-state index >= 15 is 0 Å². The number of amides is 1. The fraction of sp³-hybridized carbons (Fsp3) is 0.250. The van der Waals surface area contributed by atoms with Crippen LogP contribution in [0.25, 0.3) is 5.65 Å². The molecule has 1 amide bonds. The third-order valence-corrected chi connectivity index (χ3v) is 3.60. The van der Waals surface area contributed by atoms with Gasteiger partial charge in [0.15, 0.2) is 5.65 Å². The van der Waals surface area contributed by atoms with Crippen LogP contribution in [0.3, 0.4) is 0 Å². The summed E-state index contributed by atoms with van der Waals surface area (Å²) >= 11 is 0. The van der Waals surface area contributed by atoms with Crippen LogP contribution in [0.4, 0.5) is 19.0 Å². The van der Waals surface area contributed by atoms with Crippen molar-refractivity contribution in [3.63, 3.8) is 0 Å². The number of carbonyl (C=O) groups is 1. The van der Waals surface area contributed by atoms with Crippen molar-refractivity contribution in [3.8, 4) is 0 Å². The number of nitrogens with zero attached hydrogens (tertiary/aromatic N) is 5. The molecule has 2 aromatic heterocycles. The second kappa shape index (κ2) is 6.62. The van der Waals surface area contributed by atoms with E-state index in [0.29, 0.717) is 16.6 Å². The van der Waals surface area contributed by atoms with Gasteiger partial charge in [0.1, 0.15) is 5.82 Å². The second-order valence-corrected chi connectivity index (χ2v) is 5.76. The summed E-state index contributed by atoms with van der Waals surface area (Å²) in [5, 5.41) is 13.4. The fourth-order valence-electron chi connectivity index (χ4n) is 2.28. The van der Waals surface area contributed by atoms with E-state index in [-0.39, 0.29) is 17.4 Å². The molecule has 1 aromatic carbocycles. The van der Waals surface area contributed by atoms with E-state index in [1.54, 1.807) is 38.4 Å². The first-order chi connectivity index (χ1) is 12.3. The van der Waals surface area contributed by atoms with Crippen molar-refractivity contribution in [1.29, 1.82) is 0 Å². The molecule has 0 aliphatic heterocycles. The Balaban J connectivity index is 1.74. The first kappa shape index (κ1) is 17.6. The molecule has 0 saturated heterocycles. The minimum Gasteiger partial charge on any atom is -0.365 e. The Morgan fingerprint density at radius 3 is 2.42 bits per heavy atom. The van der Waals surface area contributed by atoms with Crippen LogP contribution in [0.2, 0.25) is 0 Å². The van der Waals surface area contributed by atoms with E-state index in [2.05, 4.69) is 20.6 Å². The summed E-state index contributed by atoms with van der Waals surface area (Å²) in [6.07, 6.45) is -4.64. The predicted molar refractivity (Wildman–Crippen MR) is 87.6 cm³/mol. The maximum Gasteiger partial charge on any atom is 0.453 e. The number of hydrogen-bond donors (Lipinski definition) is 1. The van der Waals surface area contributed by atoms with Crippen molar-refractivity contribution in [2.45, 2.75) is 12.7 Å². The molecule has 10 heteroatoms. The highest BCUT2D eigenvalue weighted by molar-refractivity contribution is 5.93. The quantitative estimate of drug-likeness (QED) is 0.770. The van der Waals surface area contributed by atoms with E-state index in [4.69, 9.17) is 0 Å². The summed E-state index contributed by atoms with van der Waals surface area (Å²) < 4.78 is 39.3. The van der Waals surface area contributed by atoms with Gasteiger partial charge >= 0.3 is 6.18 Å². The van der Waals surface area contributed by atoms with Crippen LogP contribution >= 0.6 is 0 Å². The molecule has 0 saturated carbocycles. The highest BCUT2D eigenvalue weighted by Gasteiger charge is 2.37. The zero-order valence-electron chi connectivity index (χ0n) is 13.9. The van der Waals surface area contributed by atoms with Crippen LogP contribution in [0.1, 0.15) is 21.7 Å². The topological polar surface area (TPSA) is 75.4 Å². The van der Waals surface area contributed by atoms with Gasteiger partial charge in [-0.2, -0.15) is 17.7 Å². The highest BCUT2D eigenvalue weighted by atomic mass is 19.4. The van der Waals surface area contributed by atoms with Crippen molar-refractivity contribution in [1.82, 2.24) is 24.7 Å². The summed E-state index contributed by atoms with van der Waals surface area (Å²) in [5.74, 6) is -1.04. The molecule has 0 fully saturated rings. The summed E-state index contributed by atoms with van der Waals surface area (Å²) in [5.41, 5.74) is 1.41. The zero-order chi connectivity index (χ0) is 18.9. The molecule has 136 valence electrons. The molecule has 1 N–H and O–H groups in total. The molecular formula is C16H15F3N6O. The number of aromatic nitrogens is 4. The first-order valence-electron chi connectivity index (χ1n) is 7.60. The molecule has 0 radical (unpaired) electrons. The molecule has 26 heavy (non-hydrogen) atoms. The summed E-state index contributed by atoms with van der Waals surface area (Å²) in [7, 11) is 3.33. The van der Waals surface area contributed by atoms with E-state index in [1.165, 1.54) is 17.0 Å². The Morgan fingerprint density at radius 2 is 1.81 bits per heavy atom. The number of rotatable bonds is 4. The van der Waals surface area contributed by atoms with Crippen LogP contribution in [-0.2, 0) is 12.7 Å². The minimum atomic E-state index is -4.64. The number of halogens is 3. The van der Waals surface area contributed by atoms with Crippen LogP contribution in [0.15, 0.2) is 36.4 Å². The lowest BCUT2D eigenvalue weighted by Gasteiger charge is -2.11. The number of carbonyl (C=O) groups excluding carboxylic acids is 1. The van der Waals surface area contributed by atoms with Crippen molar-refractivity contribution in [3.05, 3.63) is 53.3 Å². The Hall–Kier alpha value is -3.17. The summed E-state index contributed by atoms with van der Waals surface area (Å²) in [6.45, 7) is 0.332. The number of alkyl halides is 3. The lowest BCUT2D eigenvalue weighted by molar-refractivity contribution is -0.146. The van der Waals surface area contributed by atoms with Crippen LogP contribution < -0.4 is 5.32 Å². The van der Waals surface area contributed by atoms with Gasteiger partial charge in [-0.1, -0.05) is 12.1 Å². The molecule has 0 atom stereocenters. The summed E-state index contributed by atoms with van der Waals surface area (Å²) in [4.78, 5) is 13.3. The number of fused-ring (bicyclic) bond motifs is 1. The van der Waals surface area contributed by atoms with Crippen molar-refractivity contribution in [2.75, 3.05) is 19.4 Å². The third-order valence-electron chi connectivity index (χ3n) is 3.60. The van der Waals surface area contributed by atoms with E-state index < -0.39 is 12.0 Å². The van der Waals surface area contributed by atoms with E-state index in [0.717, 1.165) is 5.56 Å². The van der Waals surface area contributed by atoms with Crippen LogP contribution in [-0.4, -0.2) is 44.7 Å². The summed E-state index contributed by atoms with van der Waals surface area (Å²) in [6, 6.07) is 9.84. The monoisotopic (exact) mass is 364 g/mol. The average Bonchev–Trinajstić information content (AvgIpc) is 3.03. The third kappa shape index (κ3) is 3.58. The Kier molecular flexibility index (Phi) is 4.49. The van der Waals surface area contributed by atoms with Gasteiger partial charge < -0.3 is 10.2 Å². The van der Waals surface area contributed by atoms with Crippen LogP contribution in [0.5, 0.6) is 0 Å². The van der Waals surface area contributed by atoms with Crippen molar-refractivity contribution in [2.24, 2.45) is 0 Å². The molecule has 0 spiro atoms. The van der Waals surface area contributed by atoms with Gasteiger partial charge in [-0.3, -0.25) is 4.79 Å². The van der Waals surface area contributed by atoms with Crippen molar-refractivity contribution >= 4 is 17.4 Å². The molecule has 0 bridgehead atoms. The number of anilines is 1. The Bertz CT molecular complexity index is 933. The van der Waals surface area contributed by atoms with Gasteiger partial charge in [-0.15, -0.1) is 15.3 Å². The van der Waals surface area contributed by atoms with Crippen LogP contribution in [0, 0.1) is 0 Å². The van der Waals surface area contributed by atoms with Gasteiger partial charge in [0.05, 0.1) is 0 Å². The molecule has 3 aromatic rings. The second-order valence-electron chi connectivity index (χ2n) is 5.76. The average molecular weight is 364 g/mol. The molecule has 2 heterocycles. The molecule has 0 aliphatic rings. The first-order valence-corrected chi connectivity index (χ1v) is 7.60. The molecular weight excluding hydrogens is 349 g/mol. The fourth-order valence-corrected chi connectivity index (χ4v) is 2.28. The number of nitrogens with one attached hydrogen (secondary N) is 1. The molecule has 0 unspecified atom stereocenters. The number of hydrogen-bond acceptors (Lipinski definition) is 5. The van der Waals surface area contributed by atoms with Gasteiger partial charge in [-0.25, -0.2) is 0 Å². The lowest BCUT2D eigenvalue weighted by Crippen LogP contribution is -2.21. The van der Waals surface area contributed by atoms with Gasteiger partial charge in [0.2, 0.25) is 0 Å². The smallest absolute Gasteiger partial charge is 0.365 e. The van der Waals surface area contributed by atoms with Crippen molar-refractivity contribution < 1.29 is 18.0 Å². The van der Waals surface area contributed by atoms with Gasteiger partial charge in [-0.05, 0) is 29.8 Å². The predicted octanol–water partition coefficient (Wildman–Crippen LogP) is 2.46. The minimum absolute atomic E-state index is 0.00873. The zero-order valence-corrected chi connectivity index (χ0v) is 13.9. The normalized spacial score (nSPS) is 11.6.